The van der Waals surface area contributed by atoms with Crippen molar-refractivity contribution in [3.8, 4) is 0 Å². The van der Waals surface area contributed by atoms with Gasteiger partial charge >= 0.3 is 0 Å². The van der Waals surface area contributed by atoms with Crippen LogP contribution in [0.15, 0.2) is 38.9 Å². The Bertz CT molecular complexity index is 1010. The standard InChI is InChI=1S/C14H13ClN2O2S3/c1-3-9-4-5-10-11(8-9)20-14(17(10)2)16-22(18,19)13-7-6-12(15)21-13/h4-8H,3H2,1-2H3/b16-14-. The van der Waals surface area contributed by atoms with Crippen LogP contribution >= 0.6 is 34.3 Å². The van der Waals surface area contributed by atoms with Crippen LogP contribution in [0.1, 0.15) is 12.5 Å². The lowest BCUT2D eigenvalue weighted by Crippen LogP contribution is -2.13. The van der Waals surface area contributed by atoms with Gasteiger partial charge in [0.15, 0.2) is 0 Å². The van der Waals surface area contributed by atoms with Crippen LogP contribution in [0, 0.1) is 0 Å². The molecule has 3 aromatic rings. The van der Waals surface area contributed by atoms with Crippen molar-refractivity contribution in [2.24, 2.45) is 11.4 Å². The summed E-state index contributed by atoms with van der Waals surface area (Å²) in [6.07, 6.45) is 0.940. The van der Waals surface area contributed by atoms with E-state index in [0.717, 1.165) is 28.0 Å². The molecule has 2 aromatic heterocycles. The van der Waals surface area contributed by atoms with Gasteiger partial charge in [-0.2, -0.15) is 8.42 Å². The van der Waals surface area contributed by atoms with E-state index in [-0.39, 0.29) is 4.21 Å². The predicted octanol–water partition coefficient (Wildman–Crippen LogP) is 3.81. The lowest BCUT2D eigenvalue weighted by atomic mass is 10.2. The van der Waals surface area contributed by atoms with Gasteiger partial charge in [-0.15, -0.1) is 15.7 Å². The fraction of sp³-hybridized carbons (Fsp3) is 0.214. The van der Waals surface area contributed by atoms with E-state index in [1.807, 2.05) is 19.2 Å². The number of benzene rings is 1. The van der Waals surface area contributed by atoms with Gasteiger partial charge in [-0.1, -0.05) is 35.9 Å². The summed E-state index contributed by atoms with van der Waals surface area (Å²) >= 11 is 8.19. The van der Waals surface area contributed by atoms with Crippen LogP contribution in [0.3, 0.4) is 0 Å². The minimum absolute atomic E-state index is 0.157. The maximum absolute atomic E-state index is 12.3. The summed E-state index contributed by atoms with van der Waals surface area (Å²) in [5, 5.41) is 0. The van der Waals surface area contributed by atoms with E-state index in [4.69, 9.17) is 11.6 Å². The summed E-state index contributed by atoms with van der Waals surface area (Å²) in [4.78, 5) is 0.452. The van der Waals surface area contributed by atoms with Gasteiger partial charge in [-0.25, -0.2) is 0 Å². The molecule has 0 bridgehead atoms. The number of aryl methyl sites for hydroxylation is 2. The van der Waals surface area contributed by atoms with Crippen molar-refractivity contribution in [3.63, 3.8) is 0 Å². The summed E-state index contributed by atoms with van der Waals surface area (Å²) in [5.74, 6) is 0. The minimum Gasteiger partial charge on any atom is -0.319 e. The van der Waals surface area contributed by atoms with Crippen LogP contribution in [-0.2, 0) is 23.5 Å². The topological polar surface area (TPSA) is 51.4 Å². The van der Waals surface area contributed by atoms with E-state index in [2.05, 4.69) is 17.4 Å². The molecule has 4 nitrogen and oxygen atoms in total. The van der Waals surface area contributed by atoms with Crippen molar-refractivity contribution < 1.29 is 8.42 Å². The molecule has 8 heteroatoms. The van der Waals surface area contributed by atoms with Crippen molar-refractivity contribution in [3.05, 3.63) is 45.0 Å². The largest absolute Gasteiger partial charge is 0.319 e. The normalized spacial score (nSPS) is 13.1. The molecule has 0 spiro atoms. The molecule has 0 saturated carbocycles. The molecule has 0 aliphatic rings. The van der Waals surface area contributed by atoms with Gasteiger partial charge < -0.3 is 4.57 Å². The number of rotatable bonds is 3. The zero-order valence-electron chi connectivity index (χ0n) is 11.9. The first-order valence-electron chi connectivity index (χ1n) is 6.55. The van der Waals surface area contributed by atoms with Gasteiger partial charge in [-0.05, 0) is 36.2 Å². The predicted molar refractivity (Wildman–Crippen MR) is 92.3 cm³/mol. The Kier molecular flexibility index (Phi) is 4.15. The molecule has 0 aliphatic carbocycles. The Balaban J connectivity index is 2.19. The average molecular weight is 373 g/mol. The molecule has 0 amide bonds. The van der Waals surface area contributed by atoms with Gasteiger partial charge in [0, 0.05) is 7.05 Å². The number of nitrogens with zero attached hydrogens (tertiary/aromatic N) is 2. The number of aromatic nitrogens is 1. The average Bonchev–Trinajstić information content (AvgIpc) is 3.04. The third-order valence-electron chi connectivity index (χ3n) is 3.28. The molecule has 1 aromatic carbocycles. The van der Waals surface area contributed by atoms with Crippen LogP contribution in [0.25, 0.3) is 10.2 Å². The fourth-order valence-electron chi connectivity index (χ4n) is 2.07. The summed E-state index contributed by atoms with van der Waals surface area (Å²) in [5.41, 5.74) is 2.19. The summed E-state index contributed by atoms with van der Waals surface area (Å²) in [6, 6.07) is 9.17. The highest BCUT2D eigenvalue weighted by atomic mass is 35.5. The number of fused-ring (bicyclic) bond motifs is 1. The number of halogens is 1. The SMILES string of the molecule is CCc1ccc2c(c1)s/c(=N\S(=O)(=O)c1ccc(Cl)s1)n2C. The zero-order valence-corrected chi connectivity index (χ0v) is 15.1. The Labute approximate surface area is 141 Å². The Hall–Kier alpha value is -1.15. The zero-order chi connectivity index (χ0) is 15.9. The van der Waals surface area contributed by atoms with Crippen LogP contribution in [-0.4, -0.2) is 13.0 Å². The quantitative estimate of drug-likeness (QED) is 0.702. The second kappa shape index (κ2) is 5.81. The third kappa shape index (κ3) is 2.86. The molecule has 116 valence electrons. The molecule has 0 aliphatic heterocycles. The first-order valence-corrected chi connectivity index (χ1v) is 10.0. The Morgan fingerprint density at radius 3 is 2.64 bits per heavy atom. The van der Waals surface area contributed by atoms with Crippen LogP contribution in [0.5, 0.6) is 0 Å². The van der Waals surface area contributed by atoms with E-state index >= 15 is 0 Å². The lowest BCUT2D eigenvalue weighted by Gasteiger charge is -1.98. The number of thiophene rings is 1. The monoisotopic (exact) mass is 372 g/mol. The maximum Gasteiger partial charge on any atom is 0.294 e. The van der Waals surface area contributed by atoms with E-state index in [0.29, 0.717) is 9.14 Å². The van der Waals surface area contributed by atoms with Crippen molar-refractivity contribution in [2.45, 2.75) is 17.6 Å². The molecule has 0 radical (unpaired) electrons. The van der Waals surface area contributed by atoms with E-state index < -0.39 is 10.0 Å². The van der Waals surface area contributed by atoms with Gasteiger partial charge in [0.05, 0.1) is 14.6 Å². The van der Waals surface area contributed by atoms with E-state index in [1.165, 1.54) is 23.0 Å². The first-order chi connectivity index (χ1) is 10.4. The molecule has 0 unspecified atom stereocenters. The fourth-order valence-corrected chi connectivity index (χ4v) is 5.84. The number of hydrogen-bond donors (Lipinski definition) is 0. The highest BCUT2D eigenvalue weighted by Crippen LogP contribution is 2.27. The molecular formula is C14H13ClN2O2S3. The number of sulfonamides is 1. The van der Waals surface area contributed by atoms with E-state index in [9.17, 15) is 8.42 Å². The molecule has 0 N–H and O–H groups in total. The van der Waals surface area contributed by atoms with Gasteiger partial charge in [-0.3, -0.25) is 0 Å². The van der Waals surface area contributed by atoms with Gasteiger partial charge in [0.25, 0.3) is 10.0 Å². The van der Waals surface area contributed by atoms with Crippen molar-refractivity contribution >= 4 is 54.5 Å². The molecule has 0 atom stereocenters. The summed E-state index contributed by atoms with van der Waals surface area (Å²) < 4.78 is 32.1. The second-order valence-electron chi connectivity index (χ2n) is 4.72. The first kappa shape index (κ1) is 15.7. The summed E-state index contributed by atoms with van der Waals surface area (Å²) in [6.45, 7) is 2.09. The van der Waals surface area contributed by atoms with Gasteiger partial charge in [0.1, 0.15) is 4.21 Å². The molecule has 3 rings (SSSR count). The van der Waals surface area contributed by atoms with Crippen molar-refractivity contribution in [2.75, 3.05) is 0 Å². The molecule has 0 fully saturated rings. The summed E-state index contributed by atoms with van der Waals surface area (Å²) in [7, 11) is -1.91. The van der Waals surface area contributed by atoms with Crippen molar-refractivity contribution in [1.29, 1.82) is 0 Å². The van der Waals surface area contributed by atoms with Crippen LogP contribution in [0.4, 0.5) is 0 Å². The lowest BCUT2D eigenvalue weighted by molar-refractivity contribution is 0.598. The smallest absolute Gasteiger partial charge is 0.294 e. The number of thiazole rings is 1. The second-order valence-corrected chi connectivity index (χ2v) is 9.28. The third-order valence-corrected chi connectivity index (χ3v) is 7.46. The molecule has 22 heavy (non-hydrogen) atoms. The van der Waals surface area contributed by atoms with Crippen LogP contribution < -0.4 is 4.80 Å². The Morgan fingerprint density at radius 1 is 1.23 bits per heavy atom. The van der Waals surface area contributed by atoms with Crippen molar-refractivity contribution in [1.82, 2.24) is 4.57 Å². The highest BCUT2D eigenvalue weighted by Gasteiger charge is 2.16. The number of hydrogen-bond acceptors (Lipinski definition) is 4. The van der Waals surface area contributed by atoms with Crippen LogP contribution in [0.2, 0.25) is 4.34 Å². The van der Waals surface area contributed by atoms with E-state index in [1.54, 1.807) is 10.6 Å². The maximum atomic E-state index is 12.3. The molecular weight excluding hydrogens is 360 g/mol. The minimum atomic E-state index is -3.73. The molecule has 2 heterocycles. The highest BCUT2D eigenvalue weighted by molar-refractivity contribution is 7.92. The Morgan fingerprint density at radius 2 is 2.00 bits per heavy atom. The molecule has 0 saturated heterocycles. The van der Waals surface area contributed by atoms with Gasteiger partial charge in [0.2, 0.25) is 4.80 Å².